The lowest BCUT2D eigenvalue weighted by Crippen LogP contribution is -2.63. The lowest BCUT2D eigenvalue weighted by Gasteiger charge is -2.45. The third kappa shape index (κ3) is 4.64. The zero-order valence-electron chi connectivity index (χ0n) is 17.3. The number of rotatable bonds is 6. The smallest absolute Gasteiger partial charge is 0.222 e. The van der Waals surface area contributed by atoms with Gasteiger partial charge in [0.25, 0.3) is 0 Å². The molecule has 0 aromatic heterocycles. The standard InChI is InChI=1S/C23H27ClO8/c24-18-6-3-15(23(29)22(28)21(27)20(26)19(11-25)32-23)10-14(18)9-13-1-4-16(5-2-13)31-17-7-8-30-12-17/h1-6,10,17,19-22,25-29H,7-9,11-12H2/t17?,19-,20-,21+,22-,23+/m1/s1. The van der Waals surface area contributed by atoms with E-state index in [9.17, 15) is 25.5 Å². The highest BCUT2D eigenvalue weighted by atomic mass is 35.5. The van der Waals surface area contributed by atoms with E-state index in [2.05, 4.69) is 0 Å². The minimum Gasteiger partial charge on any atom is -0.488 e. The van der Waals surface area contributed by atoms with Gasteiger partial charge in [0.2, 0.25) is 5.79 Å². The first-order valence-corrected chi connectivity index (χ1v) is 10.9. The van der Waals surface area contributed by atoms with Crippen LogP contribution in [0.2, 0.25) is 5.02 Å². The van der Waals surface area contributed by atoms with Gasteiger partial charge in [0, 0.05) is 17.0 Å². The van der Waals surface area contributed by atoms with Crippen molar-refractivity contribution in [3.8, 4) is 5.75 Å². The second-order valence-electron chi connectivity index (χ2n) is 8.19. The molecule has 2 aliphatic rings. The molecular formula is C23H27ClO8. The van der Waals surface area contributed by atoms with Gasteiger partial charge in [-0.3, -0.25) is 0 Å². The van der Waals surface area contributed by atoms with Crippen molar-refractivity contribution in [3.63, 3.8) is 0 Å². The van der Waals surface area contributed by atoms with E-state index in [0.29, 0.717) is 30.2 Å². The zero-order valence-corrected chi connectivity index (χ0v) is 18.1. The normalized spacial score (nSPS) is 32.8. The SMILES string of the molecule is OC[C@H]1O[C@@](O)(c2ccc(Cl)c(Cc3ccc(OC4CCOC4)cc3)c2)[C@H](O)[C@@H](O)[C@@H]1O. The molecule has 2 heterocycles. The van der Waals surface area contributed by atoms with Crippen LogP contribution in [0.5, 0.6) is 5.75 Å². The van der Waals surface area contributed by atoms with Crippen LogP contribution in [0.4, 0.5) is 0 Å². The van der Waals surface area contributed by atoms with Gasteiger partial charge in [0.05, 0.1) is 19.8 Å². The number of aliphatic hydroxyl groups excluding tert-OH is 4. The van der Waals surface area contributed by atoms with Crippen molar-refractivity contribution in [2.75, 3.05) is 19.8 Å². The van der Waals surface area contributed by atoms with Gasteiger partial charge in [-0.2, -0.15) is 0 Å². The van der Waals surface area contributed by atoms with Gasteiger partial charge < -0.3 is 39.7 Å². The van der Waals surface area contributed by atoms with E-state index < -0.39 is 36.8 Å². The van der Waals surface area contributed by atoms with Crippen molar-refractivity contribution < 1.29 is 39.7 Å². The summed E-state index contributed by atoms with van der Waals surface area (Å²) in [4.78, 5) is 0. The summed E-state index contributed by atoms with van der Waals surface area (Å²) in [7, 11) is 0. The molecule has 174 valence electrons. The second kappa shape index (κ2) is 9.62. The summed E-state index contributed by atoms with van der Waals surface area (Å²) in [5.41, 5.74) is 1.75. The second-order valence-corrected chi connectivity index (χ2v) is 8.60. The number of hydrogen-bond donors (Lipinski definition) is 5. The average Bonchev–Trinajstić information content (AvgIpc) is 3.30. The average molecular weight is 467 g/mol. The lowest BCUT2D eigenvalue weighted by atomic mass is 9.87. The van der Waals surface area contributed by atoms with Gasteiger partial charge in [0.1, 0.15) is 36.3 Å². The van der Waals surface area contributed by atoms with Crippen molar-refractivity contribution in [3.05, 3.63) is 64.2 Å². The van der Waals surface area contributed by atoms with Gasteiger partial charge in [-0.05, 0) is 41.8 Å². The van der Waals surface area contributed by atoms with Gasteiger partial charge >= 0.3 is 0 Å². The molecule has 0 amide bonds. The first-order valence-electron chi connectivity index (χ1n) is 10.5. The van der Waals surface area contributed by atoms with Crippen molar-refractivity contribution in [1.82, 2.24) is 0 Å². The van der Waals surface area contributed by atoms with E-state index in [1.54, 1.807) is 12.1 Å². The number of halogens is 1. The van der Waals surface area contributed by atoms with Crippen molar-refractivity contribution >= 4 is 11.6 Å². The largest absolute Gasteiger partial charge is 0.488 e. The summed E-state index contributed by atoms with van der Waals surface area (Å²) in [5, 5.41) is 51.4. The van der Waals surface area contributed by atoms with Crippen LogP contribution in [0.1, 0.15) is 23.1 Å². The summed E-state index contributed by atoms with van der Waals surface area (Å²) in [5.74, 6) is -1.58. The van der Waals surface area contributed by atoms with Crippen LogP contribution in [0.25, 0.3) is 0 Å². The van der Waals surface area contributed by atoms with Gasteiger partial charge in [0.15, 0.2) is 0 Å². The maximum Gasteiger partial charge on any atom is 0.222 e. The third-order valence-electron chi connectivity index (χ3n) is 5.93. The summed E-state index contributed by atoms with van der Waals surface area (Å²) in [6, 6.07) is 12.2. The maximum absolute atomic E-state index is 11.0. The Kier molecular flexibility index (Phi) is 7.04. The fraction of sp³-hybridized carbons (Fsp3) is 0.478. The number of benzene rings is 2. The van der Waals surface area contributed by atoms with Crippen molar-refractivity contribution in [2.45, 2.75) is 49.1 Å². The summed E-state index contributed by atoms with van der Waals surface area (Å²) in [6.07, 6.45) is -4.99. The molecule has 9 heteroatoms. The number of hydrogen-bond acceptors (Lipinski definition) is 8. The van der Waals surface area contributed by atoms with E-state index in [0.717, 1.165) is 17.7 Å². The first kappa shape index (κ1) is 23.4. The first-order chi connectivity index (χ1) is 15.3. The molecule has 1 unspecified atom stereocenters. The molecule has 2 aliphatic heterocycles. The molecular weight excluding hydrogens is 440 g/mol. The molecule has 0 spiro atoms. The fourth-order valence-corrected chi connectivity index (χ4v) is 4.21. The van der Waals surface area contributed by atoms with Gasteiger partial charge in [-0.15, -0.1) is 0 Å². The summed E-state index contributed by atoms with van der Waals surface area (Å²) < 4.78 is 16.6. The zero-order chi connectivity index (χ0) is 22.9. The van der Waals surface area contributed by atoms with Gasteiger partial charge in [-0.1, -0.05) is 29.8 Å². The molecule has 0 saturated carbocycles. The van der Waals surface area contributed by atoms with Crippen molar-refractivity contribution in [1.29, 1.82) is 0 Å². The van der Waals surface area contributed by atoms with E-state index in [4.69, 9.17) is 25.8 Å². The molecule has 32 heavy (non-hydrogen) atoms. The predicted octanol–water partition coefficient (Wildman–Crippen LogP) is 0.717. The van der Waals surface area contributed by atoms with E-state index in [1.165, 1.54) is 6.07 Å². The van der Waals surface area contributed by atoms with Crippen LogP contribution in [0.15, 0.2) is 42.5 Å². The molecule has 2 aromatic carbocycles. The molecule has 2 aromatic rings. The third-order valence-corrected chi connectivity index (χ3v) is 6.30. The highest BCUT2D eigenvalue weighted by molar-refractivity contribution is 6.31. The van der Waals surface area contributed by atoms with E-state index in [1.807, 2.05) is 24.3 Å². The van der Waals surface area contributed by atoms with E-state index >= 15 is 0 Å². The lowest BCUT2D eigenvalue weighted by molar-refractivity contribution is -0.357. The number of aliphatic hydroxyl groups is 5. The molecule has 0 bridgehead atoms. The minimum atomic E-state index is -2.33. The van der Waals surface area contributed by atoms with Crippen LogP contribution >= 0.6 is 11.6 Å². The summed E-state index contributed by atoms with van der Waals surface area (Å²) in [6.45, 7) is 0.649. The quantitative estimate of drug-likeness (QED) is 0.421. The molecule has 6 atom stereocenters. The molecule has 4 rings (SSSR count). The molecule has 5 N–H and O–H groups in total. The molecule has 2 saturated heterocycles. The maximum atomic E-state index is 11.0. The Morgan fingerprint density at radius 3 is 2.47 bits per heavy atom. The molecule has 8 nitrogen and oxygen atoms in total. The Morgan fingerprint density at radius 2 is 1.81 bits per heavy atom. The monoisotopic (exact) mass is 466 g/mol. The van der Waals surface area contributed by atoms with Crippen LogP contribution < -0.4 is 4.74 Å². The number of ether oxygens (including phenoxy) is 3. The Morgan fingerprint density at radius 1 is 1.06 bits per heavy atom. The van der Waals surface area contributed by atoms with Gasteiger partial charge in [-0.25, -0.2) is 0 Å². The van der Waals surface area contributed by atoms with Crippen LogP contribution in [0, 0.1) is 0 Å². The Labute approximate surface area is 190 Å². The molecule has 0 radical (unpaired) electrons. The highest BCUT2D eigenvalue weighted by Gasteiger charge is 2.53. The topological polar surface area (TPSA) is 129 Å². The molecule has 0 aliphatic carbocycles. The Hall–Kier alpha value is -1.75. The van der Waals surface area contributed by atoms with Crippen molar-refractivity contribution in [2.24, 2.45) is 0 Å². The van der Waals surface area contributed by atoms with Crippen LogP contribution in [-0.4, -0.2) is 75.9 Å². The Balaban J connectivity index is 1.53. The Bertz CT molecular complexity index is 915. The van der Waals surface area contributed by atoms with Crippen LogP contribution in [0.3, 0.4) is 0 Å². The minimum absolute atomic E-state index is 0.0613. The fourth-order valence-electron chi connectivity index (χ4n) is 4.03. The van der Waals surface area contributed by atoms with Crippen LogP contribution in [-0.2, 0) is 21.7 Å². The highest BCUT2D eigenvalue weighted by Crippen LogP contribution is 2.38. The summed E-state index contributed by atoms with van der Waals surface area (Å²) >= 11 is 6.37. The van der Waals surface area contributed by atoms with E-state index in [-0.39, 0.29) is 11.7 Å². The molecule has 2 fully saturated rings. The predicted molar refractivity (Wildman–Crippen MR) is 114 cm³/mol.